The second-order valence-electron chi connectivity index (χ2n) is 6.21. The molecule has 25 heavy (non-hydrogen) atoms. The van der Waals surface area contributed by atoms with E-state index < -0.39 is 0 Å². The molecule has 0 spiro atoms. The van der Waals surface area contributed by atoms with Gasteiger partial charge in [-0.25, -0.2) is 9.78 Å². The first-order valence-electron chi connectivity index (χ1n) is 8.37. The van der Waals surface area contributed by atoms with Crippen LogP contribution in [0, 0.1) is 18.3 Å². The molecule has 1 aliphatic heterocycles. The maximum Gasteiger partial charge on any atom is 0.322 e. The molecule has 2 heterocycles. The summed E-state index contributed by atoms with van der Waals surface area (Å²) in [6.07, 6.45) is 11.7. The number of carbonyl (C=O) groups excluding carboxylic acids is 1. The van der Waals surface area contributed by atoms with E-state index >= 15 is 0 Å². The minimum Gasteiger partial charge on any atom is -0.479 e. The van der Waals surface area contributed by atoms with Crippen LogP contribution in [0.4, 0.5) is 10.5 Å². The van der Waals surface area contributed by atoms with E-state index in [0.717, 1.165) is 13.0 Å². The molecule has 0 bridgehead atoms. The predicted octanol–water partition coefficient (Wildman–Crippen LogP) is 3.01. The standard InChI is InChI=1S/C19H22N4O2/c1-3-12-25-18-7-5-4-6-16(18)21-19(24)22-10-8-15(2)17(13-22)23-11-9-20-14-23/h1,4-7,9,11,14-15,17H,8,10,12-13H2,2H3,(H,21,24)/t15-,17+/m0/s1. The number of aromatic nitrogens is 2. The van der Waals surface area contributed by atoms with Gasteiger partial charge in [0, 0.05) is 25.5 Å². The summed E-state index contributed by atoms with van der Waals surface area (Å²) in [5.41, 5.74) is 0.626. The number of likely N-dealkylation sites (tertiary alicyclic amines) is 1. The molecule has 3 rings (SSSR count). The van der Waals surface area contributed by atoms with Crippen molar-refractivity contribution in [3.05, 3.63) is 43.0 Å². The van der Waals surface area contributed by atoms with Crippen LogP contribution in [0.25, 0.3) is 0 Å². The Morgan fingerprint density at radius 3 is 3.08 bits per heavy atom. The fraction of sp³-hybridized carbons (Fsp3) is 0.368. The molecular weight excluding hydrogens is 316 g/mol. The molecule has 1 N–H and O–H groups in total. The summed E-state index contributed by atoms with van der Waals surface area (Å²) in [4.78, 5) is 18.7. The smallest absolute Gasteiger partial charge is 0.322 e. The third-order valence-electron chi connectivity index (χ3n) is 4.55. The Morgan fingerprint density at radius 2 is 2.32 bits per heavy atom. The second-order valence-corrected chi connectivity index (χ2v) is 6.21. The van der Waals surface area contributed by atoms with Crippen molar-refractivity contribution in [1.29, 1.82) is 0 Å². The highest BCUT2D eigenvalue weighted by Crippen LogP contribution is 2.29. The largest absolute Gasteiger partial charge is 0.479 e. The van der Waals surface area contributed by atoms with Crippen molar-refractivity contribution in [3.8, 4) is 18.1 Å². The van der Waals surface area contributed by atoms with E-state index in [9.17, 15) is 4.79 Å². The first-order valence-corrected chi connectivity index (χ1v) is 8.37. The van der Waals surface area contributed by atoms with Gasteiger partial charge in [0.1, 0.15) is 12.4 Å². The van der Waals surface area contributed by atoms with Gasteiger partial charge in [-0.15, -0.1) is 6.42 Å². The van der Waals surface area contributed by atoms with E-state index in [2.05, 4.69) is 27.7 Å². The normalized spacial score (nSPS) is 19.9. The molecule has 1 aromatic carbocycles. The number of imidazole rings is 1. The molecule has 6 heteroatoms. The molecule has 0 radical (unpaired) electrons. The van der Waals surface area contributed by atoms with Crippen molar-refractivity contribution in [2.45, 2.75) is 19.4 Å². The number of hydrogen-bond donors (Lipinski definition) is 1. The molecule has 2 atom stereocenters. The van der Waals surface area contributed by atoms with Gasteiger partial charge in [0.05, 0.1) is 18.1 Å². The van der Waals surface area contributed by atoms with Gasteiger partial charge in [0.2, 0.25) is 0 Å². The maximum absolute atomic E-state index is 12.7. The van der Waals surface area contributed by atoms with Crippen LogP contribution in [0.1, 0.15) is 19.4 Å². The molecule has 1 aliphatic rings. The van der Waals surface area contributed by atoms with E-state index in [4.69, 9.17) is 11.2 Å². The molecule has 1 aromatic heterocycles. The van der Waals surface area contributed by atoms with E-state index in [1.54, 1.807) is 12.3 Å². The van der Waals surface area contributed by atoms with Gasteiger partial charge in [-0.3, -0.25) is 0 Å². The number of urea groups is 1. The van der Waals surface area contributed by atoms with Crippen molar-refractivity contribution in [2.75, 3.05) is 25.0 Å². The monoisotopic (exact) mass is 338 g/mol. The quantitative estimate of drug-likeness (QED) is 0.872. The van der Waals surface area contributed by atoms with Gasteiger partial charge in [-0.2, -0.15) is 0 Å². The van der Waals surface area contributed by atoms with Crippen LogP contribution in [0.15, 0.2) is 43.0 Å². The number of anilines is 1. The van der Waals surface area contributed by atoms with E-state index in [1.807, 2.05) is 35.6 Å². The predicted molar refractivity (Wildman–Crippen MR) is 96.4 cm³/mol. The van der Waals surface area contributed by atoms with Gasteiger partial charge in [-0.05, 0) is 24.5 Å². The Labute approximate surface area is 147 Å². The molecule has 0 unspecified atom stereocenters. The molecule has 1 saturated heterocycles. The van der Waals surface area contributed by atoms with E-state index in [0.29, 0.717) is 23.9 Å². The average Bonchev–Trinajstić information content (AvgIpc) is 3.15. The van der Waals surface area contributed by atoms with Crippen molar-refractivity contribution >= 4 is 11.7 Å². The lowest BCUT2D eigenvalue weighted by Crippen LogP contribution is -2.45. The Morgan fingerprint density at radius 1 is 1.48 bits per heavy atom. The van der Waals surface area contributed by atoms with Crippen LogP contribution in [-0.2, 0) is 0 Å². The number of terminal acetylenes is 1. The van der Waals surface area contributed by atoms with Gasteiger partial charge >= 0.3 is 6.03 Å². The lowest BCUT2D eigenvalue weighted by molar-refractivity contribution is 0.149. The van der Waals surface area contributed by atoms with Crippen molar-refractivity contribution in [2.24, 2.45) is 5.92 Å². The van der Waals surface area contributed by atoms with Crippen LogP contribution in [0.2, 0.25) is 0 Å². The van der Waals surface area contributed by atoms with Gasteiger partial charge < -0.3 is 19.5 Å². The lowest BCUT2D eigenvalue weighted by Gasteiger charge is -2.37. The Kier molecular flexibility index (Phi) is 5.24. The number of carbonyl (C=O) groups is 1. The molecule has 2 amide bonds. The zero-order valence-corrected chi connectivity index (χ0v) is 14.3. The Hall–Kier alpha value is -2.94. The van der Waals surface area contributed by atoms with Crippen LogP contribution in [-0.4, -0.2) is 40.2 Å². The van der Waals surface area contributed by atoms with Crippen molar-refractivity contribution < 1.29 is 9.53 Å². The summed E-state index contributed by atoms with van der Waals surface area (Å²) in [7, 11) is 0. The summed E-state index contributed by atoms with van der Waals surface area (Å²) in [6, 6.07) is 7.40. The highest BCUT2D eigenvalue weighted by Gasteiger charge is 2.30. The van der Waals surface area contributed by atoms with Crippen LogP contribution in [0.3, 0.4) is 0 Å². The number of nitrogens with zero attached hydrogens (tertiary/aromatic N) is 3. The minimum atomic E-state index is -0.131. The number of rotatable bonds is 4. The Balaban J connectivity index is 1.68. The first-order chi connectivity index (χ1) is 12.2. The van der Waals surface area contributed by atoms with E-state index in [1.165, 1.54) is 0 Å². The van der Waals surface area contributed by atoms with E-state index in [-0.39, 0.29) is 18.7 Å². The maximum atomic E-state index is 12.7. The summed E-state index contributed by atoms with van der Waals surface area (Å²) >= 11 is 0. The topological polar surface area (TPSA) is 59.4 Å². The van der Waals surface area contributed by atoms with Crippen molar-refractivity contribution in [3.63, 3.8) is 0 Å². The summed E-state index contributed by atoms with van der Waals surface area (Å²) < 4.78 is 7.57. The molecule has 130 valence electrons. The minimum absolute atomic E-state index is 0.131. The van der Waals surface area contributed by atoms with Crippen LogP contribution >= 0.6 is 0 Å². The number of ether oxygens (including phenoxy) is 1. The third-order valence-corrected chi connectivity index (χ3v) is 4.55. The lowest BCUT2D eigenvalue weighted by atomic mass is 9.93. The molecule has 0 aliphatic carbocycles. The molecule has 0 saturated carbocycles. The van der Waals surface area contributed by atoms with Gasteiger partial charge in [0.25, 0.3) is 0 Å². The number of benzene rings is 1. The summed E-state index contributed by atoms with van der Waals surface area (Å²) in [5, 5.41) is 2.94. The number of piperidine rings is 1. The molecule has 1 fully saturated rings. The average molecular weight is 338 g/mol. The zero-order valence-electron chi connectivity index (χ0n) is 14.3. The number of hydrogen-bond acceptors (Lipinski definition) is 3. The SMILES string of the molecule is C#CCOc1ccccc1NC(=O)N1CC[C@H](C)[C@H](n2ccnc2)C1. The second kappa shape index (κ2) is 7.75. The fourth-order valence-corrected chi connectivity index (χ4v) is 3.10. The van der Waals surface area contributed by atoms with Crippen molar-refractivity contribution in [1.82, 2.24) is 14.5 Å². The van der Waals surface area contributed by atoms with Gasteiger partial charge in [0.15, 0.2) is 0 Å². The number of nitrogens with one attached hydrogen (secondary N) is 1. The highest BCUT2D eigenvalue weighted by atomic mass is 16.5. The summed E-state index contributed by atoms with van der Waals surface area (Å²) in [5.74, 6) is 3.50. The third kappa shape index (κ3) is 3.94. The van der Waals surface area contributed by atoms with Crippen LogP contribution < -0.4 is 10.1 Å². The highest BCUT2D eigenvalue weighted by molar-refractivity contribution is 5.91. The number of amides is 2. The fourth-order valence-electron chi connectivity index (χ4n) is 3.10. The zero-order chi connectivity index (χ0) is 17.6. The Bertz CT molecular complexity index is 751. The van der Waals surface area contributed by atoms with Crippen LogP contribution in [0.5, 0.6) is 5.75 Å². The first kappa shape index (κ1) is 16.9. The van der Waals surface area contributed by atoms with Gasteiger partial charge in [-0.1, -0.05) is 25.0 Å². The molecule has 6 nitrogen and oxygen atoms in total. The summed E-state index contributed by atoms with van der Waals surface area (Å²) in [6.45, 7) is 3.75. The molecular formula is C19H22N4O2. The molecule has 2 aromatic rings. The number of para-hydroxylation sites is 2.